The Kier molecular flexibility index (Phi) is 4.24. The van der Waals surface area contributed by atoms with Crippen LogP contribution in [0.15, 0.2) is 18.2 Å². The summed E-state index contributed by atoms with van der Waals surface area (Å²) in [6, 6.07) is 4.42. The Hall–Kier alpha value is -0.710. The van der Waals surface area contributed by atoms with E-state index in [2.05, 4.69) is 5.43 Å². The van der Waals surface area contributed by atoms with Gasteiger partial charge >= 0.3 is 5.38 Å². The molecule has 0 radical (unpaired) electrons. The molecule has 1 aromatic rings. The molecule has 0 heterocycles. The molecule has 1 unspecified atom stereocenters. The van der Waals surface area contributed by atoms with Crippen molar-refractivity contribution in [3.63, 3.8) is 0 Å². The molecule has 16 heavy (non-hydrogen) atoms. The van der Waals surface area contributed by atoms with Gasteiger partial charge in [-0.3, -0.25) is 5.84 Å². The Labute approximate surface area is 98.8 Å². The lowest BCUT2D eigenvalue weighted by atomic mass is 9.99. The summed E-state index contributed by atoms with van der Waals surface area (Å²) < 4.78 is 25.9. The number of nitrogens with two attached hydrogens (primary N) is 1. The highest BCUT2D eigenvalue weighted by Crippen LogP contribution is 2.26. The molecule has 0 aliphatic rings. The topological polar surface area (TPSA) is 38.0 Å². The number of alkyl halides is 3. The van der Waals surface area contributed by atoms with Crippen LogP contribution in [0.4, 0.5) is 8.78 Å². The fourth-order valence-corrected chi connectivity index (χ4v) is 1.65. The van der Waals surface area contributed by atoms with Crippen molar-refractivity contribution in [3.8, 4) is 0 Å². The maximum absolute atomic E-state index is 12.9. The van der Waals surface area contributed by atoms with E-state index in [4.69, 9.17) is 17.4 Å². The standard InChI is InChI=1S/C11H15ClF2N2/c1-7-3-4-8(2)9(5-7)6-10(16-15)11(12,13)14/h3-5,10,16H,6,15H2,1-2H3. The lowest BCUT2D eigenvalue weighted by molar-refractivity contribution is 0.0502. The molecule has 0 aliphatic carbocycles. The van der Waals surface area contributed by atoms with Gasteiger partial charge in [0, 0.05) is 0 Å². The summed E-state index contributed by atoms with van der Waals surface area (Å²) in [6.45, 7) is 3.78. The van der Waals surface area contributed by atoms with Crippen LogP contribution in [0.5, 0.6) is 0 Å². The van der Waals surface area contributed by atoms with Gasteiger partial charge in [0.2, 0.25) is 0 Å². The average Bonchev–Trinajstić information content (AvgIpc) is 2.17. The predicted molar refractivity (Wildman–Crippen MR) is 61.5 cm³/mol. The second kappa shape index (κ2) is 5.08. The molecule has 1 atom stereocenters. The van der Waals surface area contributed by atoms with E-state index in [1.54, 1.807) is 0 Å². The maximum atomic E-state index is 12.9. The first-order valence-corrected chi connectivity index (χ1v) is 5.31. The first-order valence-electron chi connectivity index (χ1n) is 4.93. The van der Waals surface area contributed by atoms with Crippen LogP contribution >= 0.6 is 11.6 Å². The van der Waals surface area contributed by atoms with Crippen molar-refractivity contribution < 1.29 is 8.78 Å². The lowest BCUT2D eigenvalue weighted by Crippen LogP contribution is -2.47. The molecule has 90 valence electrons. The van der Waals surface area contributed by atoms with Gasteiger partial charge in [0.25, 0.3) is 0 Å². The highest BCUT2D eigenvalue weighted by molar-refractivity contribution is 6.22. The fraction of sp³-hybridized carbons (Fsp3) is 0.455. The molecule has 0 amide bonds. The number of hydrogen-bond acceptors (Lipinski definition) is 2. The van der Waals surface area contributed by atoms with Crippen molar-refractivity contribution in [2.45, 2.75) is 31.7 Å². The van der Waals surface area contributed by atoms with Crippen molar-refractivity contribution in [1.82, 2.24) is 5.43 Å². The number of hydrazine groups is 1. The van der Waals surface area contributed by atoms with E-state index in [1.165, 1.54) is 0 Å². The first-order chi connectivity index (χ1) is 7.34. The summed E-state index contributed by atoms with van der Waals surface area (Å²) in [4.78, 5) is 0. The molecule has 0 aromatic heterocycles. The van der Waals surface area contributed by atoms with Crippen LogP contribution in [0.25, 0.3) is 0 Å². The van der Waals surface area contributed by atoms with Gasteiger partial charge in [-0.05, 0) is 43.0 Å². The molecule has 0 saturated carbocycles. The lowest BCUT2D eigenvalue weighted by Gasteiger charge is -2.21. The average molecular weight is 249 g/mol. The van der Waals surface area contributed by atoms with Crippen molar-refractivity contribution in [2.75, 3.05) is 0 Å². The molecule has 0 spiro atoms. The third-order valence-corrected chi connectivity index (χ3v) is 2.79. The molecular weight excluding hydrogens is 234 g/mol. The van der Waals surface area contributed by atoms with Crippen molar-refractivity contribution in [1.29, 1.82) is 0 Å². The van der Waals surface area contributed by atoms with Crippen LogP contribution in [0.2, 0.25) is 0 Å². The predicted octanol–water partition coefficient (Wildman–Crippen LogP) is 2.51. The Morgan fingerprint density at radius 2 is 2.06 bits per heavy atom. The second-order valence-corrected chi connectivity index (χ2v) is 4.40. The summed E-state index contributed by atoms with van der Waals surface area (Å²) >= 11 is 4.97. The van der Waals surface area contributed by atoms with Gasteiger partial charge in [0.05, 0.1) is 0 Å². The second-order valence-electron chi connectivity index (χ2n) is 3.89. The third-order valence-electron chi connectivity index (χ3n) is 2.52. The smallest absolute Gasteiger partial charge is 0.271 e. The van der Waals surface area contributed by atoms with E-state index in [9.17, 15) is 8.78 Å². The summed E-state index contributed by atoms with van der Waals surface area (Å²) in [7, 11) is 0. The third kappa shape index (κ3) is 3.40. The van der Waals surface area contributed by atoms with Crippen LogP contribution < -0.4 is 11.3 Å². The van der Waals surface area contributed by atoms with Gasteiger partial charge in [0.1, 0.15) is 6.04 Å². The zero-order valence-electron chi connectivity index (χ0n) is 9.23. The van der Waals surface area contributed by atoms with Crippen molar-refractivity contribution >= 4 is 11.6 Å². The van der Waals surface area contributed by atoms with Gasteiger partial charge in [-0.1, -0.05) is 23.8 Å². The molecule has 0 bridgehead atoms. The number of aryl methyl sites for hydroxylation is 2. The molecular formula is C11H15ClF2N2. The quantitative estimate of drug-likeness (QED) is 0.488. The van der Waals surface area contributed by atoms with E-state index in [1.807, 2.05) is 32.0 Å². The Balaban J connectivity index is 2.90. The Bertz CT molecular complexity index is 363. The Morgan fingerprint density at radius 3 is 2.56 bits per heavy atom. The first kappa shape index (κ1) is 13.4. The van der Waals surface area contributed by atoms with Crippen molar-refractivity contribution in [2.24, 2.45) is 5.84 Å². The number of benzene rings is 1. The SMILES string of the molecule is Cc1ccc(C)c(CC(NN)C(F)(F)Cl)c1. The molecule has 0 saturated heterocycles. The number of rotatable bonds is 4. The van der Waals surface area contributed by atoms with E-state index in [0.29, 0.717) is 0 Å². The van der Waals surface area contributed by atoms with Gasteiger partial charge in [-0.2, -0.15) is 8.78 Å². The van der Waals surface area contributed by atoms with Crippen LogP contribution in [-0.4, -0.2) is 11.4 Å². The van der Waals surface area contributed by atoms with Crippen molar-refractivity contribution in [3.05, 3.63) is 34.9 Å². The summed E-state index contributed by atoms with van der Waals surface area (Å²) in [5.41, 5.74) is 4.85. The molecule has 0 fully saturated rings. The summed E-state index contributed by atoms with van der Waals surface area (Å²) in [5.74, 6) is 5.08. The molecule has 3 N–H and O–H groups in total. The van der Waals surface area contributed by atoms with E-state index < -0.39 is 11.4 Å². The number of halogens is 3. The molecule has 1 rings (SSSR count). The maximum Gasteiger partial charge on any atom is 0.338 e. The van der Waals surface area contributed by atoms with Crippen LogP contribution in [0.3, 0.4) is 0 Å². The normalized spacial score (nSPS) is 13.9. The minimum absolute atomic E-state index is 0.0977. The monoisotopic (exact) mass is 248 g/mol. The van der Waals surface area contributed by atoms with Gasteiger partial charge < -0.3 is 0 Å². The minimum Gasteiger partial charge on any atom is -0.271 e. The highest BCUT2D eigenvalue weighted by Gasteiger charge is 2.36. The van der Waals surface area contributed by atoms with E-state index in [-0.39, 0.29) is 6.42 Å². The van der Waals surface area contributed by atoms with Crippen LogP contribution in [0.1, 0.15) is 16.7 Å². The van der Waals surface area contributed by atoms with Gasteiger partial charge in [-0.15, -0.1) is 0 Å². The minimum atomic E-state index is -3.36. The molecule has 5 heteroatoms. The van der Waals surface area contributed by atoms with E-state index >= 15 is 0 Å². The van der Waals surface area contributed by atoms with Gasteiger partial charge in [0.15, 0.2) is 0 Å². The number of hydrogen-bond donors (Lipinski definition) is 2. The molecule has 2 nitrogen and oxygen atoms in total. The fourth-order valence-electron chi connectivity index (χ4n) is 1.51. The van der Waals surface area contributed by atoms with Crippen LogP contribution in [0, 0.1) is 13.8 Å². The zero-order valence-corrected chi connectivity index (χ0v) is 9.98. The largest absolute Gasteiger partial charge is 0.338 e. The van der Waals surface area contributed by atoms with E-state index in [0.717, 1.165) is 16.7 Å². The van der Waals surface area contributed by atoms with Crippen LogP contribution in [-0.2, 0) is 6.42 Å². The molecule has 0 aliphatic heterocycles. The zero-order chi connectivity index (χ0) is 12.3. The van der Waals surface area contributed by atoms with Gasteiger partial charge in [-0.25, -0.2) is 5.43 Å². The molecule has 1 aromatic carbocycles. The summed E-state index contributed by atoms with van der Waals surface area (Å²) in [5, 5.41) is -3.36. The number of nitrogens with one attached hydrogen (secondary N) is 1. The highest BCUT2D eigenvalue weighted by atomic mass is 35.5. The Morgan fingerprint density at radius 1 is 1.44 bits per heavy atom. The summed E-state index contributed by atoms with van der Waals surface area (Å²) in [6.07, 6.45) is 0.0977.